The second kappa shape index (κ2) is 4.50. The van der Waals surface area contributed by atoms with E-state index in [2.05, 4.69) is 19.1 Å². The monoisotopic (exact) mass is 189 g/mol. The van der Waals surface area contributed by atoms with E-state index in [0.29, 0.717) is 6.10 Å². The molecule has 14 heavy (non-hydrogen) atoms. The molecule has 1 fully saturated rings. The zero-order chi connectivity index (χ0) is 9.80. The highest BCUT2D eigenvalue weighted by atomic mass is 16.5. The van der Waals surface area contributed by atoms with Gasteiger partial charge < -0.3 is 4.74 Å². The molecule has 1 radical (unpaired) electrons. The Morgan fingerprint density at radius 1 is 1.29 bits per heavy atom. The summed E-state index contributed by atoms with van der Waals surface area (Å²) in [6.45, 7) is 3.87. The summed E-state index contributed by atoms with van der Waals surface area (Å²) in [5.41, 5.74) is 1.25. The van der Waals surface area contributed by atoms with Gasteiger partial charge in [0.1, 0.15) is 5.75 Å². The van der Waals surface area contributed by atoms with Crippen LogP contribution in [-0.2, 0) is 6.42 Å². The molecule has 1 aromatic carbocycles. The molecule has 0 bridgehead atoms. The Balaban J connectivity index is 2.00. The number of ether oxygens (including phenoxy) is 1. The fraction of sp³-hybridized carbons (Fsp3) is 0.462. The Hall–Kier alpha value is -0.980. The summed E-state index contributed by atoms with van der Waals surface area (Å²) >= 11 is 0. The molecule has 0 heterocycles. The first kappa shape index (κ1) is 9.57. The predicted octanol–water partition coefficient (Wildman–Crippen LogP) is 3.38. The highest BCUT2D eigenvalue weighted by molar-refractivity contribution is 5.29. The van der Waals surface area contributed by atoms with E-state index in [9.17, 15) is 0 Å². The standard InChI is InChI=1S/C13H17O/c1-2-11-6-5-9-13(10-11)14-12-7-3-4-8-12/h5-6,9-10,12H,1-4,7-8H2. The zero-order valence-corrected chi connectivity index (χ0v) is 8.54. The van der Waals surface area contributed by atoms with Crippen molar-refractivity contribution in [3.63, 3.8) is 0 Å². The minimum atomic E-state index is 0.454. The van der Waals surface area contributed by atoms with Crippen LogP contribution >= 0.6 is 0 Å². The molecule has 75 valence electrons. The molecule has 0 saturated heterocycles. The van der Waals surface area contributed by atoms with Crippen molar-refractivity contribution in [2.75, 3.05) is 0 Å². The SMILES string of the molecule is [CH2]Cc1cccc(OC2CCCC2)c1. The fourth-order valence-corrected chi connectivity index (χ4v) is 1.97. The summed E-state index contributed by atoms with van der Waals surface area (Å²) in [6, 6.07) is 8.28. The van der Waals surface area contributed by atoms with E-state index in [-0.39, 0.29) is 0 Å². The van der Waals surface area contributed by atoms with Gasteiger partial charge in [-0.25, -0.2) is 0 Å². The average molecular weight is 189 g/mol. The van der Waals surface area contributed by atoms with Crippen molar-refractivity contribution in [1.82, 2.24) is 0 Å². The molecule has 0 atom stereocenters. The minimum absolute atomic E-state index is 0.454. The Kier molecular flexibility index (Phi) is 3.07. The third kappa shape index (κ3) is 2.28. The Morgan fingerprint density at radius 2 is 2.07 bits per heavy atom. The van der Waals surface area contributed by atoms with E-state index < -0.39 is 0 Å². The predicted molar refractivity (Wildman–Crippen MR) is 58.4 cm³/mol. The van der Waals surface area contributed by atoms with Gasteiger partial charge in [-0.15, -0.1) is 0 Å². The molecule has 0 spiro atoms. The molecule has 1 aliphatic carbocycles. The van der Waals surface area contributed by atoms with E-state index >= 15 is 0 Å². The number of benzene rings is 1. The maximum atomic E-state index is 5.89. The molecular weight excluding hydrogens is 172 g/mol. The summed E-state index contributed by atoms with van der Waals surface area (Å²) in [5, 5.41) is 0. The van der Waals surface area contributed by atoms with Crippen LogP contribution in [0.4, 0.5) is 0 Å². The Morgan fingerprint density at radius 3 is 2.79 bits per heavy atom. The van der Waals surface area contributed by atoms with E-state index in [0.717, 1.165) is 12.2 Å². The van der Waals surface area contributed by atoms with Crippen LogP contribution in [0.1, 0.15) is 31.2 Å². The quantitative estimate of drug-likeness (QED) is 0.708. The first-order valence-electron chi connectivity index (χ1n) is 5.43. The number of hydrogen-bond donors (Lipinski definition) is 0. The summed E-state index contributed by atoms with van der Waals surface area (Å²) < 4.78 is 5.89. The Labute approximate surface area is 86.1 Å². The van der Waals surface area contributed by atoms with Gasteiger partial charge in [0.15, 0.2) is 0 Å². The molecule has 1 aromatic rings. The maximum Gasteiger partial charge on any atom is 0.119 e. The lowest BCUT2D eigenvalue weighted by atomic mass is 10.1. The van der Waals surface area contributed by atoms with Crippen LogP contribution in [0.3, 0.4) is 0 Å². The highest BCUT2D eigenvalue weighted by Gasteiger charge is 2.16. The average Bonchev–Trinajstić information content (AvgIpc) is 2.71. The largest absolute Gasteiger partial charge is 0.490 e. The van der Waals surface area contributed by atoms with Crippen LogP contribution in [0.5, 0.6) is 5.75 Å². The lowest BCUT2D eigenvalue weighted by molar-refractivity contribution is 0.210. The van der Waals surface area contributed by atoms with E-state index in [1.54, 1.807) is 0 Å². The fourth-order valence-electron chi connectivity index (χ4n) is 1.97. The molecule has 1 heteroatoms. The normalized spacial score (nSPS) is 17.2. The topological polar surface area (TPSA) is 9.23 Å². The smallest absolute Gasteiger partial charge is 0.119 e. The van der Waals surface area contributed by atoms with Gasteiger partial charge in [-0.3, -0.25) is 0 Å². The zero-order valence-electron chi connectivity index (χ0n) is 8.54. The summed E-state index contributed by atoms with van der Waals surface area (Å²) in [6.07, 6.45) is 6.36. The Bertz CT molecular complexity index is 287. The van der Waals surface area contributed by atoms with Gasteiger partial charge in [0.25, 0.3) is 0 Å². The van der Waals surface area contributed by atoms with E-state index in [4.69, 9.17) is 4.74 Å². The molecule has 0 aromatic heterocycles. The summed E-state index contributed by atoms with van der Waals surface area (Å²) in [5.74, 6) is 1.01. The van der Waals surface area contributed by atoms with Gasteiger partial charge in [0, 0.05) is 0 Å². The second-order valence-corrected chi connectivity index (χ2v) is 3.92. The van der Waals surface area contributed by atoms with Crippen LogP contribution in [0.15, 0.2) is 24.3 Å². The molecule has 1 saturated carbocycles. The van der Waals surface area contributed by atoms with Gasteiger partial charge in [0.2, 0.25) is 0 Å². The van der Waals surface area contributed by atoms with Crippen LogP contribution in [0.25, 0.3) is 0 Å². The number of rotatable bonds is 3. The lowest BCUT2D eigenvalue weighted by Crippen LogP contribution is -2.10. The third-order valence-corrected chi connectivity index (χ3v) is 2.79. The molecule has 0 unspecified atom stereocenters. The van der Waals surface area contributed by atoms with Crippen molar-refractivity contribution in [1.29, 1.82) is 0 Å². The first-order chi connectivity index (χ1) is 6.88. The molecular formula is C13H17O. The van der Waals surface area contributed by atoms with Crippen molar-refractivity contribution in [3.05, 3.63) is 36.8 Å². The van der Waals surface area contributed by atoms with Crippen molar-refractivity contribution >= 4 is 0 Å². The van der Waals surface area contributed by atoms with Crippen LogP contribution in [0.2, 0.25) is 0 Å². The summed E-state index contributed by atoms with van der Waals surface area (Å²) in [7, 11) is 0. The molecule has 1 nitrogen and oxygen atoms in total. The maximum absolute atomic E-state index is 5.89. The highest BCUT2D eigenvalue weighted by Crippen LogP contribution is 2.24. The number of hydrogen-bond acceptors (Lipinski definition) is 1. The van der Waals surface area contributed by atoms with Gasteiger partial charge >= 0.3 is 0 Å². The van der Waals surface area contributed by atoms with Crippen molar-refractivity contribution in [2.45, 2.75) is 38.2 Å². The molecule has 0 aliphatic heterocycles. The molecule has 1 aliphatic rings. The van der Waals surface area contributed by atoms with Gasteiger partial charge in [-0.2, -0.15) is 0 Å². The van der Waals surface area contributed by atoms with Crippen molar-refractivity contribution in [2.24, 2.45) is 0 Å². The summed E-state index contributed by atoms with van der Waals surface area (Å²) in [4.78, 5) is 0. The van der Waals surface area contributed by atoms with Gasteiger partial charge in [-0.05, 0) is 56.7 Å². The first-order valence-corrected chi connectivity index (χ1v) is 5.43. The van der Waals surface area contributed by atoms with Gasteiger partial charge in [-0.1, -0.05) is 12.1 Å². The van der Waals surface area contributed by atoms with E-state index in [1.165, 1.54) is 31.2 Å². The van der Waals surface area contributed by atoms with Crippen molar-refractivity contribution in [3.8, 4) is 5.75 Å². The lowest BCUT2D eigenvalue weighted by Gasteiger charge is -2.13. The van der Waals surface area contributed by atoms with Crippen LogP contribution in [-0.4, -0.2) is 6.10 Å². The van der Waals surface area contributed by atoms with Gasteiger partial charge in [0.05, 0.1) is 6.10 Å². The molecule has 2 rings (SSSR count). The van der Waals surface area contributed by atoms with E-state index in [1.807, 2.05) is 12.1 Å². The molecule has 0 amide bonds. The second-order valence-electron chi connectivity index (χ2n) is 3.92. The molecule has 0 N–H and O–H groups in total. The van der Waals surface area contributed by atoms with Crippen LogP contribution < -0.4 is 4.74 Å². The minimum Gasteiger partial charge on any atom is -0.490 e. The van der Waals surface area contributed by atoms with Crippen molar-refractivity contribution < 1.29 is 4.74 Å². The third-order valence-electron chi connectivity index (χ3n) is 2.79. The van der Waals surface area contributed by atoms with Crippen LogP contribution in [0, 0.1) is 6.92 Å².